The lowest BCUT2D eigenvalue weighted by Gasteiger charge is -2.14. The van der Waals surface area contributed by atoms with Crippen LogP contribution in [0.5, 0.6) is 11.5 Å². The van der Waals surface area contributed by atoms with Crippen molar-refractivity contribution in [1.82, 2.24) is 4.98 Å². The Hall–Kier alpha value is -4.14. The fourth-order valence-corrected chi connectivity index (χ4v) is 2.54. The Morgan fingerprint density at radius 2 is 1.54 bits per heavy atom. The number of azo groups is 1. The predicted octanol–water partition coefficient (Wildman–Crippen LogP) is 2.71. The lowest BCUT2D eigenvalue weighted by atomic mass is 10.0. The molecule has 3 aromatic rings. The summed E-state index contributed by atoms with van der Waals surface area (Å²) in [5.41, 5.74) is 0.187. The molecule has 0 aliphatic heterocycles. The molecule has 3 N–H and O–H groups in total. The van der Waals surface area contributed by atoms with Gasteiger partial charge in [-0.2, -0.15) is 0 Å². The SMILES string of the molecule is Cc1c(NC(=O)C(=O)N=NC(=O)c2ccncc2)c(O)c2ccccc2c1O. The third-order valence-corrected chi connectivity index (χ3v) is 4.00. The maximum absolute atomic E-state index is 12.1. The molecule has 2 aromatic carbocycles. The van der Waals surface area contributed by atoms with E-state index in [0.29, 0.717) is 10.8 Å². The average Bonchev–Trinajstić information content (AvgIpc) is 2.73. The van der Waals surface area contributed by atoms with Crippen molar-refractivity contribution in [2.45, 2.75) is 6.92 Å². The van der Waals surface area contributed by atoms with Crippen LogP contribution in [-0.4, -0.2) is 32.9 Å². The van der Waals surface area contributed by atoms with E-state index in [9.17, 15) is 24.6 Å². The highest BCUT2D eigenvalue weighted by molar-refractivity contribution is 6.40. The zero-order valence-electron chi connectivity index (χ0n) is 14.6. The molecule has 0 bridgehead atoms. The van der Waals surface area contributed by atoms with Crippen LogP contribution < -0.4 is 5.32 Å². The van der Waals surface area contributed by atoms with Gasteiger partial charge in [0.2, 0.25) is 0 Å². The number of aromatic hydroxyl groups is 2. The molecular formula is C19H14N4O5. The molecule has 140 valence electrons. The van der Waals surface area contributed by atoms with E-state index in [0.717, 1.165) is 0 Å². The van der Waals surface area contributed by atoms with Gasteiger partial charge in [0.05, 0.1) is 5.69 Å². The molecule has 0 fully saturated rings. The molecule has 0 saturated carbocycles. The van der Waals surface area contributed by atoms with Crippen molar-refractivity contribution in [2.75, 3.05) is 5.32 Å². The van der Waals surface area contributed by atoms with E-state index in [1.807, 2.05) is 0 Å². The number of amides is 3. The third-order valence-electron chi connectivity index (χ3n) is 4.00. The summed E-state index contributed by atoms with van der Waals surface area (Å²) in [5.74, 6) is -3.83. The number of anilines is 1. The molecule has 0 atom stereocenters. The van der Waals surface area contributed by atoms with Gasteiger partial charge in [0.15, 0.2) is 0 Å². The van der Waals surface area contributed by atoms with Crippen LogP contribution in [0.3, 0.4) is 0 Å². The lowest BCUT2D eigenvalue weighted by molar-refractivity contribution is -0.134. The molecule has 28 heavy (non-hydrogen) atoms. The first-order valence-corrected chi connectivity index (χ1v) is 8.04. The number of nitrogens with zero attached hydrogens (tertiary/aromatic N) is 3. The second kappa shape index (κ2) is 7.62. The molecule has 0 aliphatic carbocycles. The number of hydrogen-bond donors (Lipinski definition) is 3. The predicted molar refractivity (Wildman–Crippen MR) is 99.1 cm³/mol. The Bertz CT molecular complexity index is 1130. The summed E-state index contributed by atoms with van der Waals surface area (Å²) >= 11 is 0. The first kappa shape index (κ1) is 18.6. The number of phenolic OH excluding ortho intramolecular Hbond substituents is 2. The topological polar surface area (TPSA) is 141 Å². The minimum Gasteiger partial charge on any atom is -0.507 e. The van der Waals surface area contributed by atoms with Gasteiger partial charge in [-0.1, -0.05) is 29.4 Å². The molecule has 9 heteroatoms. The summed E-state index contributed by atoms with van der Waals surface area (Å²) in [5, 5.41) is 29.9. The Morgan fingerprint density at radius 3 is 2.18 bits per heavy atom. The van der Waals surface area contributed by atoms with E-state index in [1.54, 1.807) is 24.3 Å². The van der Waals surface area contributed by atoms with Crippen LogP contribution in [0, 0.1) is 6.92 Å². The van der Waals surface area contributed by atoms with Crippen molar-refractivity contribution in [3.8, 4) is 11.5 Å². The van der Waals surface area contributed by atoms with E-state index in [1.165, 1.54) is 31.5 Å². The number of carbonyl (C=O) groups excluding carboxylic acids is 3. The largest absolute Gasteiger partial charge is 0.507 e. The molecule has 0 unspecified atom stereocenters. The van der Waals surface area contributed by atoms with Gasteiger partial charge in [0, 0.05) is 34.3 Å². The van der Waals surface area contributed by atoms with Gasteiger partial charge in [-0.25, -0.2) is 0 Å². The minimum atomic E-state index is -1.34. The Labute approximate surface area is 158 Å². The van der Waals surface area contributed by atoms with Crippen molar-refractivity contribution in [1.29, 1.82) is 0 Å². The van der Waals surface area contributed by atoms with E-state index in [2.05, 4.69) is 20.5 Å². The van der Waals surface area contributed by atoms with Crippen LogP contribution in [0.2, 0.25) is 0 Å². The summed E-state index contributed by atoms with van der Waals surface area (Å²) in [6, 6.07) is 9.24. The van der Waals surface area contributed by atoms with Crippen molar-refractivity contribution < 1.29 is 24.6 Å². The molecule has 3 rings (SSSR count). The zero-order valence-corrected chi connectivity index (χ0v) is 14.6. The summed E-state index contributed by atoms with van der Waals surface area (Å²) in [4.78, 5) is 39.5. The molecule has 1 aromatic heterocycles. The van der Waals surface area contributed by atoms with E-state index >= 15 is 0 Å². The molecule has 0 aliphatic rings. The van der Waals surface area contributed by atoms with Crippen molar-refractivity contribution in [3.05, 3.63) is 59.9 Å². The van der Waals surface area contributed by atoms with Gasteiger partial charge in [-0.3, -0.25) is 19.4 Å². The van der Waals surface area contributed by atoms with Gasteiger partial charge >= 0.3 is 11.8 Å². The smallest absolute Gasteiger partial charge is 0.353 e. The Kier molecular flexibility index (Phi) is 5.07. The van der Waals surface area contributed by atoms with Crippen LogP contribution in [0.4, 0.5) is 5.69 Å². The first-order chi connectivity index (χ1) is 13.4. The molecule has 9 nitrogen and oxygen atoms in total. The van der Waals surface area contributed by atoms with Gasteiger partial charge in [0.25, 0.3) is 5.91 Å². The number of fused-ring (bicyclic) bond motifs is 1. The minimum absolute atomic E-state index is 0.134. The summed E-state index contributed by atoms with van der Waals surface area (Å²) in [6.45, 7) is 1.47. The molecule has 0 spiro atoms. The second-order valence-electron chi connectivity index (χ2n) is 5.74. The average molecular weight is 378 g/mol. The number of rotatable bonds is 2. The Balaban J connectivity index is 1.82. The number of pyridine rings is 1. The fraction of sp³-hybridized carbons (Fsp3) is 0.0526. The normalized spacial score (nSPS) is 10.9. The van der Waals surface area contributed by atoms with Crippen LogP contribution in [0.25, 0.3) is 10.8 Å². The summed E-state index contributed by atoms with van der Waals surface area (Å²) < 4.78 is 0. The maximum Gasteiger partial charge on any atom is 0.353 e. The van der Waals surface area contributed by atoms with Crippen LogP contribution in [0.15, 0.2) is 59.0 Å². The summed E-state index contributed by atoms with van der Waals surface area (Å²) in [7, 11) is 0. The standard InChI is InChI=1S/C19H14N4O5/c1-10-14(16(25)13-5-3-2-4-12(13)15(10)24)21-18(27)19(28)23-22-17(26)11-6-8-20-9-7-11/h2-9,24-25H,1H3,(H,21,27). The number of benzene rings is 2. The molecule has 0 saturated heterocycles. The van der Waals surface area contributed by atoms with Crippen molar-refractivity contribution >= 4 is 34.2 Å². The van der Waals surface area contributed by atoms with E-state index in [4.69, 9.17) is 0 Å². The third kappa shape index (κ3) is 3.54. The number of nitrogens with one attached hydrogen (secondary N) is 1. The highest BCUT2D eigenvalue weighted by atomic mass is 16.3. The number of aromatic nitrogens is 1. The highest BCUT2D eigenvalue weighted by Crippen LogP contribution is 2.42. The van der Waals surface area contributed by atoms with Crippen molar-refractivity contribution in [2.24, 2.45) is 10.2 Å². The van der Waals surface area contributed by atoms with E-state index < -0.39 is 17.7 Å². The quantitative estimate of drug-likeness (QED) is 0.271. The number of hydrogen-bond acceptors (Lipinski definition) is 6. The molecular weight excluding hydrogens is 364 g/mol. The van der Waals surface area contributed by atoms with Gasteiger partial charge in [-0.15, -0.1) is 5.11 Å². The monoisotopic (exact) mass is 378 g/mol. The van der Waals surface area contributed by atoms with Crippen LogP contribution in [-0.2, 0) is 9.59 Å². The molecule has 0 radical (unpaired) electrons. The van der Waals surface area contributed by atoms with Gasteiger partial charge in [0.1, 0.15) is 11.5 Å². The van der Waals surface area contributed by atoms with Crippen LogP contribution >= 0.6 is 0 Å². The number of carbonyl (C=O) groups is 3. The summed E-state index contributed by atoms with van der Waals surface area (Å²) in [6.07, 6.45) is 2.74. The fourth-order valence-electron chi connectivity index (χ4n) is 2.54. The maximum atomic E-state index is 12.1. The van der Waals surface area contributed by atoms with E-state index in [-0.39, 0.29) is 28.3 Å². The van der Waals surface area contributed by atoms with Gasteiger partial charge < -0.3 is 15.5 Å². The molecule has 3 amide bonds. The van der Waals surface area contributed by atoms with Crippen LogP contribution in [0.1, 0.15) is 15.9 Å². The van der Waals surface area contributed by atoms with Crippen molar-refractivity contribution in [3.63, 3.8) is 0 Å². The van der Waals surface area contributed by atoms with Gasteiger partial charge in [-0.05, 0) is 19.1 Å². The molecule has 1 heterocycles. The number of phenols is 2. The first-order valence-electron chi connectivity index (χ1n) is 8.04. The zero-order chi connectivity index (χ0) is 20.3. The highest BCUT2D eigenvalue weighted by Gasteiger charge is 2.21. The second-order valence-corrected chi connectivity index (χ2v) is 5.74. The Morgan fingerprint density at radius 1 is 0.929 bits per heavy atom. The lowest BCUT2D eigenvalue weighted by Crippen LogP contribution is -2.21.